The highest BCUT2D eigenvalue weighted by atomic mass is 28.3. The first-order chi connectivity index (χ1) is 10.2. The Hall–Kier alpha value is -0.396. The second kappa shape index (κ2) is 8.45. The molecule has 0 aromatic rings. The van der Waals surface area contributed by atoms with Crippen molar-refractivity contribution < 1.29 is 14.3 Å². The van der Waals surface area contributed by atoms with Crippen molar-refractivity contribution in [1.29, 1.82) is 0 Å². The largest absolute Gasteiger partial charge is 0.462 e. The fraction of sp³-hybridized carbons (Fsp3) is 0.824. The molecule has 1 saturated heterocycles. The maximum atomic E-state index is 12.2. The van der Waals surface area contributed by atoms with Crippen LogP contribution < -0.4 is 0 Å². The fourth-order valence-electron chi connectivity index (χ4n) is 2.92. The number of carbonyl (C=O) groups excluding carboxylic acids is 1. The fourth-order valence-corrected chi connectivity index (χ4v) is 6.01. The molecule has 1 unspecified atom stereocenters. The molecule has 0 amide bonds. The minimum Gasteiger partial charge on any atom is -0.462 e. The van der Waals surface area contributed by atoms with Gasteiger partial charge in [-0.15, -0.1) is 0 Å². The molecule has 3 nitrogen and oxygen atoms in total. The first-order valence-electron chi connectivity index (χ1n) is 8.68. The molecule has 0 radical (unpaired) electrons. The van der Waals surface area contributed by atoms with Gasteiger partial charge in [-0.2, -0.15) is 0 Å². The highest BCUT2D eigenvalue weighted by Gasteiger charge is 2.44. The number of rotatable bonds is 7. The Morgan fingerprint density at radius 3 is 2.50 bits per heavy atom. The summed E-state index contributed by atoms with van der Waals surface area (Å²) in [6.07, 6.45) is 6.42. The van der Waals surface area contributed by atoms with Gasteiger partial charge in [0.25, 0.3) is 0 Å². The molecule has 0 aliphatic carbocycles. The predicted molar refractivity (Wildman–Crippen MR) is 98.9 cm³/mol. The van der Waals surface area contributed by atoms with E-state index >= 15 is 0 Å². The summed E-state index contributed by atoms with van der Waals surface area (Å²) in [7, 11) is -2.11. The second-order valence-electron chi connectivity index (χ2n) is 7.94. The van der Waals surface area contributed by atoms with Gasteiger partial charge < -0.3 is 9.47 Å². The summed E-state index contributed by atoms with van der Waals surface area (Å²) < 4.78 is 11.6. The lowest BCUT2D eigenvalue weighted by Crippen LogP contribution is -2.54. The second-order valence-corrected chi connectivity index (χ2v) is 16.7. The van der Waals surface area contributed by atoms with Crippen LogP contribution in [0.3, 0.4) is 0 Å². The van der Waals surface area contributed by atoms with E-state index in [9.17, 15) is 4.79 Å². The van der Waals surface area contributed by atoms with E-state index in [1.165, 1.54) is 12.5 Å². The van der Waals surface area contributed by atoms with Crippen LogP contribution in [0.15, 0.2) is 11.6 Å². The van der Waals surface area contributed by atoms with E-state index in [0.29, 0.717) is 12.2 Å². The van der Waals surface area contributed by atoms with E-state index < -0.39 is 16.9 Å². The van der Waals surface area contributed by atoms with Crippen LogP contribution in [-0.4, -0.2) is 41.3 Å². The van der Waals surface area contributed by atoms with E-state index in [0.717, 1.165) is 25.9 Å². The van der Waals surface area contributed by atoms with Gasteiger partial charge in [-0.25, -0.2) is 4.79 Å². The molecule has 1 atom stereocenters. The van der Waals surface area contributed by atoms with Gasteiger partial charge in [0.1, 0.15) is 0 Å². The van der Waals surface area contributed by atoms with E-state index in [4.69, 9.17) is 9.47 Å². The first-order valence-corrected chi connectivity index (χ1v) is 15.3. The number of carbonyl (C=O) groups is 1. The van der Waals surface area contributed by atoms with E-state index in [-0.39, 0.29) is 11.2 Å². The molecule has 0 bridgehead atoms. The third-order valence-corrected chi connectivity index (χ3v) is 9.14. The molecule has 0 aromatic heterocycles. The Bertz CT molecular complexity index is 391. The lowest BCUT2D eigenvalue weighted by Gasteiger charge is -2.44. The highest BCUT2D eigenvalue weighted by molar-refractivity contribution is 6.79. The van der Waals surface area contributed by atoms with Crippen LogP contribution in [0.5, 0.6) is 0 Å². The van der Waals surface area contributed by atoms with Gasteiger partial charge >= 0.3 is 5.97 Å². The van der Waals surface area contributed by atoms with Crippen molar-refractivity contribution in [2.24, 2.45) is 0 Å². The molecule has 1 heterocycles. The standard InChI is InChI=1S/C17H34O3Si2/c1-15(16(18)19-11-9-13-21(2)3)14-17(22(4,5)6)10-7-8-12-20-17/h14,21H,7-13H2,1-6H3. The predicted octanol–water partition coefficient (Wildman–Crippen LogP) is 4.17. The Labute approximate surface area is 139 Å². The number of hydrogen-bond acceptors (Lipinski definition) is 3. The average Bonchev–Trinajstić information content (AvgIpc) is 2.43. The van der Waals surface area contributed by atoms with Gasteiger partial charge in [0.2, 0.25) is 0 Å². The molecule has 1 fully saturated rings. The minimum absolute atomic E-state index is 0.169. The summed E-state index contributed by atoms with van der Waals surface area (Å²) in [6.45, 7) is 14.8. The van der Waals surface area contributed by atoms with Gasteiger partial charge in [0.15, 0.2) is 0 Å². The van der Waals surface area contributed by atoms with E-state index in [2.05, 4.69) is 38.8 Å². The molecule has 128 valence electrons. The van der Waals surface area contributed by atoms with Crippen LogP contribution in [0.25, 0.3) is 0 Å². The van der Waals surface area contributed by atoms with Crippen LogP contribution in [0.2, 0.25) is 38.8 Å². The van der Waals surface area contributed by atoms with Crippen LogP contribution >= 0.6 is 0 Å². The molecule has 5 heteroatoms. The molecular formula is C17H34O3Si2. The normalized spacial score (nSPS) is 23.7. The number of esters is 1. The monoisotopic (exact) mass is 342 g/mol. The maximum Gasteiger partial charge on any atom is 0.333 e. The van der Waals surface area contributed by atoms with Gasteiger partial charge in [-0.3, -0.25) is 0 Å². The Kier molecular flexibility index (Phi) is 7.55. The molecule has 0 aromatic carbocycles. The maximum absolute atomic E-state index is 12.2. The Morgan fingerprint density at radius 2 is 2.00 bits per heavy atom. The van der Waals surface area contributed by atoms with Crippen molar-refractivity contribution in [2.75, 3.05) is 13.2 Å². The molecule has 22 heavy (non-hydrogen) atoms. The zero-order valence-electron chi connectivity index (χ0n) is 15.3. The van der Waals surface area contributed by atoms with Crippen molar-refractivity contribution in [3.05, 3.63) is 11.6 Å². The Balaban J connectivity index is 2.68. The van der Waals surface area contributed by atoms with Crippen LogP contribution in [0.1, 0.15) is 32.6 Å². The van der Waals surface area contributed by atoms with Gasteiger partial charge in [-0.05, 0) is 38.7 Å². The van der Waals surface area contributed by atoms with Crippen molar-refractivity contribution in [3.63, 3.8) is 0 Å². The van der Waals surface area contributed by atoms with Crippen LogP contribution in [0.4, 0.5) is 0 Å². The quantitative estimate of drug-likeness (QED) is 0.301. The summed E-state index contributed by atoms with van der Waals surface area (Å²) in [4.78, 5) is 12.2. The zero-order chi connectivity index (χ0) is 16.8. The van der Waals surface area contributed by atoms with Crippen molar-refractivity contribution in [1.82, 2.24) is 0 Å². The molecule has 0 saturated carbocycles. The Morgan fingerprint density at radius 1 is 1.32 bits per heavy atom. The summed E-state index contributed by atoms with van der Waals surface area (Å²) in [5.74, 6) is -0.169. The highest BCUT2D eigenvalue weighted by Crippen LogP contribution is 2.36. The molecular weight excluding hydrogens is 308 g/mol. The third kappa shape index (κ3) is 5.67. The molecule has 1 rings (SSSR count). The SMILES string of the molecule is CC(=CC1([Si](C)(C)C)CCCCO1)C(=O)OCCC[SiH](C)C. The van der Waals surface area contributed by atoms with E-state index in [1.807, 2.05) is 6.92 Å². The van der Waals surface area contributed by atoms with E-state index in [1.54, 1.807) is 0 Å². The molecule has 1 aliphatic rings. The smallest absolute Gasteiger partial charge is 0.333 e. The average molecular weight is 343 g/mol. The lowest BCUT2D eigenvalue weighted by atomic mass is 10.1. The van der Waals surface area contributed by atoms with Gasteiger partial charge in [-0.1, -0.05) is 38.8 Å². The first kappa shape index (κ1) is 19.7. The summed E-state index contributed by atoms with van der Waals surface area (Å²) in [6, 6.07) is 1.23. The van der Waals surface area contributed by atoms with Gasteiger partial charge in [0.05, 0.1) is 19.9 Å². The number of hydrogen-bond donors (Lipinski definition) is 0. The van der Waals surface area contributed by atoms with Crippen LogP contribution in [0, 0.1) is 0 Å². The summed E-state index contributed by atoms with van der Waals surface area (Å²) in [5, 5.41) is -0.209. The lowest BCUT2D eigenvalue weighted by molar-refractivity contribution is -0.139. The van der Waals surface area contributed by atoms with Crippen molar-refractivity contribution in [3.8, 4) is 0 Å². The summed E-state index contributed by atoms with van der Waals surface area (Å²) in [5.41, 5.74) is 0.714. The molecule has 0 spiro atoms. The minimum atomic E-state index is -1.57. The van der Waals surface area contributed by atoms with Crippen molar-refractivity contribution in [2.45, 2.75) is 76.6 Å². The van der Waals surface area contributed by atoms with Crippen LogP contribution in [-0.2, 0) is 14.3 Å². The topological polar surface area (TPSA) is 35.5 Å². The number of ether oxygens (including phenoxy) is 2. The third-order valence-electron chi connectivity index (χ3n) is 4.50. The summed E-state index contributed by atoms with van der Waals surface area (Å²) >= 11 is 0. The van der Waals surface area contributed by atoms with Gasteiger partial charge in [0, 0.05) is 21.0 Å². The molecule has 1 aliphatic heterocycles. The van der Waals surface area contributed by atoms with Crippen molar-refractivity contribution >= 4 is 22.8 Å². The molecule has 0 N–H and O–H groups in total. The zero-order valence-corrected chi connectivity index (χ0v) is 17.5.